The van der Waals surface area contributed by atoms with Crippen LogP contribution in [0.15, 0.2) is 30.3 Å². The molecule has 0 unspecified atom stereocenters. The highest BCUT2D eigenvalue weighted by Crippen LogP contribution is 2.09. The third-order valence-corrected chi connectivity index (χ3v) is 2.86. The number of carbonyl (C=O) groups is 1. The van der Waals surface area contributed by atoms with Gasteiger partial charge in [-0.05, 0) is 24.8 Å². The molecule has 17 heavy (non-hydrogen) atoms. The lowest BCUT2D eigenvalue weighted by Crippen LogP contribution is -2.46. The van der Waals surface area contributed by atoms with E-state index in [1.807, 2.05) is 30.3 Å². The van der Waals surface area contributed by atoms with Crippen molar-refractivity contribution in [2.45, 2.75) is 25.3 Å². The first-order valence-electron chi connectivity index (χ1n) is 6.01. The fourth-order valence-electron chi connectivity index (χ4n) is 1.91. The lowest BCUT2D eigenvalue weighted by molar-refractivity contribution is -0.198. The van der Waals surface area contributed by atoms with Crippen LogP contribution < -0.4 is 5.73 Å². The summed E-state index contributed by atoms with van der Waals surface area (Å²) in [6, 6.07) is 9.28. The molecule has 1 aromatic carbocycles. The highest BCUT2D eigenvalue weighted by atomic mass is 16.7. The molecule has 4 nitrogen and oxygen atoms in total. The normalized spacial score (nSPS) is 17.8. The highest BCUT2D eigenvalue weighted by Gasteiger charge is 2.23. The maximum absolute atomic E-state index is 12.0. The Bertz CT molecular complexity index is 361. The Morgan fingerprint density at radius 1 is 1.35 bits per heavy atom. The minimum absolute atomic E-state index is 0.117. The van der Waals surface area contributed by atoms with E-state index < -0.39 is 6.04 Å². The first-order valence-corrected chi connectivity index (χ1v) is 6.01. The molecule has 0 aromatic heterocycles. The van der Waals surface area contributed by atoms with Gasteiger partial charge in [-0.1, -0.05) is 30.3 Å². The van der Waals surface area contributed by atoms with Gasteiger partial charge in [0.25, 0.3) is 5.91 Å². The molecule has 1 aliphatic heterocycles. The van der Waals surface area contributed by atoms with Crippen LogP contribution in [0.5, 0.6) is 0 Å². The Morgan fingerprint density at radius 2 is 2.12 bits per heavy atom. The first-order chi connectivity index (χ1) is 8.27. The van der Waals surface area contributed by atoms with E-state index >= 15 is 0 Å². The summed E-state index contributed by atoms with van der Waals surface area (Å²) in [5, 5.41) is 1.41. The molecule has 1 heterocycles. The topological polar surface area (TPSA) is 55.6 Å². The number of rotatable bonds is 3. The molecule has 0 spiro atoms. The van der Waals surface area contributed by atoms with Crippen LogP contribution >= 0.6 is 0 Å². The van der Waals surface area contributed by atoms with Gasteiger partial charge in [0.1, 0.15) is 0 Å². The Labute approximate surface area is 101 Å². The van der Waals surface area contributed by atoms with Crippen LogP contribution in [-0.4, -0.2) is 30.2 Å². The van der Waals surface area contributed by atoms with E-state index in [0.717, 1.165) is 18.4 Å². The van der Waals surface area contributed by atoms with E-state index in [0.29, 0.717) is 19.6 Å². The van der Waals surface area contributed by atoms with Gasteiger partial charge in [0.2, 0.25) is 0 Å². The molecule has 4 heteroatoms. The maximum Gasteiger partial charge on any atom is 0.263 e. The van der Waals surface area contributed by atoms with Crippen molar-refractivity contribution in [3.05, 3.63) is 35.9 Å². The molecule has 1 amide bonds. The fraction of sp³-hybridized carbons (Fsp3) is 0.462. The maximum atomic E-state index is 12.0. The second-order valence-electron chi connectivity index (χ2n) is 4.28. The van der Waals surface area contributed by atoms with Gasteiger partial charge in [-0.3, -0.25) is 9.63 Å². The molecule has 1 fully saturated rings. The number of carbonyl (C=O) groups excluding carboxylic acids is 1. The lowest BCUT2D eigenvalue weighted by atomic mass is 10.1. The Hall–Kier alpha value is -1.39. The summed E-state index contributed by atoms with van der Waals surface area (Å²) in [7, 11) is 0. The van der Waals surface area contributed by atoms with Gasteiger partial charge in [0.15, 0.2) is 0 Å². The number of nitrogens with zero attached hydrogens (tertiary/aromatic N) is 1. The van der Waals surface area contributed by atoms with E-state index in [4.69, 9.17) is 10.6 Å². The van der Waals surface area contributed by atoms with Crippen molar-refractivity contribution in [2.75, 3.05) is 13.2 Å². The van der Waals surface area contributed by atoms with Gasteiger partial charge < -0.3 is 5.73 Å². The summed E-state index contributed by atoms with van der Waals surface area (Å²) in [6.07, 6.45) is 2.56. The average molecular weight is 234 g/mol. The van der Waals surface area contributed by atoms with Crippen LogP contribution in [0, 0.1) is 0 Å². The summed E-state index contributed by atoms with van der Waals surface area (Å²) >= 11 is 0. The van der Waals surface area contributed by atoms with Crippen LogP contribution in [0.1, 0.15) is 18.4 Å². The standard InChI is InChI=1S/C13H18N2O2/c14-12(10-11-6-2-1-3-7-11)13(16)15-8-4-5-9-17-15/h1-3,6-7,12H,4-5,8-10,14H2/t12-/m1/s1. The summed E-state index contributed by atoms with van der Waals surface area (Å²) in [5.41, 5.74) is 6.98. The minimum atomic E-state index is -0.518. The Morgan fingerprint density at radius 3 is 2.76 bits per heavy atom. The third-order valence-electron chi connectivity index (χ3n) is 2.86. The fourth-order valence-corrected chi connectivity index (χ4v) is 1.91. The van der Waals surface area contributed by atoms with Crippen molar-refractivity contribution in [2.24, 2.45) is 5.73 Å². The SMILES string of the molecule is N[C@H](Cc1ccccc1)C(=O)N1CCCCO1. The van der Waals surface area contributed by atoms with E-state index in [2.05, 4.69) is 0 Å². The zero-order chi connectivity index (χ0) is 12.1. The van der Waals surface area contributed by atoms with Crippen LogP contribution in [0.2, 0.25) is 0 Å². The molecule has 1 aliphatic rings. The molecule has 1 saturated heterocycles. The summed E-state index contributed by atoms with van der Waals surface area (Å²) in [6.45, 7) is 1.27. The first kappa shape index (κ1) is 12.1. The van der Waals surface area contributed by atoms with Crippen molar-refractivity contribution in [3.63, 3.8) is 0 Å². The molecule has 1 atom stereocenters. The smallest absolute Gasteiger partial charge is 0.263 e. The Kier molecular flexibility index (Phi) is 4.12. The molecule has 0 aliphatic carbocycles. The Balaban J connectivity index is 1.90. The molecule has 0 radical (unpaired) electrons. The van der Waals surface area contributed by atoms with Crippen molar-refractivity contribution in [3.8, 4) is 0 Å². The van der Waals surface area contributed by atoms with Gasteiger partial charge in [0, 0.05) is 6.54 Å². The predicted molar refractivity (Wildman–Crippen MR) is 65.0 cm³/mol. The molecule has 0 bridgehead atoms. The lowest BCUT2D eigenvalue weighted by Gasteiger charge is -2.28. The van der Waals surface area contributed by atoms with Gasteiger partial charge in [-0.15, -0.1) is 0 Å². The molecule has 2 rings (SSSR count). The van der Waals surface area contributed by atoms with E-state index in [1.165, 1.54) is 5.06 Å². The number of hydroxylamine groups is 2. The highest BCUT2D eigenvalue weighted by molar-refractivity contribution is 5.81. The zero-order valence-corrected chi connectivity index (χ0v) is 9.84. The van der Waals surface area contributed by atoms with Crippen molar-refractivity contribution >= 4 is 5.91 Å². The molecule has 2 N–H and O–H groups in total. The molecule has 92 valence electrons. The number of amides is 1. The third kappa shape index (κ3) is 3.28. The quantitative estimate of drug-likeness (QED) is 0.852. The van der Waals surface area contributed by atoms with Crippen LogP contribution in [0.4, 0.5) is 0 Å². The van der Waals surface area contributed by atoms with Crippen molar-refractivity contribution in [1.29, 1.82) is 0 Å². The van der Waals surface area contributed by atoms with Crippen molar-refractivity contribution < 1.29 is 9.63 Å². The molecule has 1 aromatic rings. The number of hydrogen-bond donors (Lipinski definition) is 1. The van der Waals surface area contributed by atoms with Crippen LogP contribution in [0.25, 0.3) is 0 Å². The number of hydrogen-bond acceptors (Lipinski definition) is 3. The minimum Gasteiger partial charge on any atom is -0.320 e. The number of benzene rings is 1. The summed E-state index contributed by atoms with van der Waals surface area (Å²) in [4.78, 5) is 17.3. The average Bonchev–Trinajstić information content (AvgIpc) is 2.40. The van der Waals surface area contributed by atoms with Gasteiger partial charge in [-0.2, -0.15) is 0 Å². The molecular weight excluding hydrogens is 216 g/mol. The van der Waals surface area contributed by atoms with Crippen LogP contribution in [-0.2, 0) is 16.1 Å². The molecular formula is C13H18N2O2. The zero-order valence-electron chi connectivity index (χ0n) is 9.84. The van der Waals surface area contributed by atoms with Gasteiger partial charge in [-0.25, -0.2) is 5.06 Å². The second kappa shape index (κ2) is 5.80. The second-order valence-corrected chi connectivity index (χ2v) is 4.28. The van der Waals surface area contributed by atoms with Crippen LogP contribution in [0.3, 0.4) is 0 Å². The predicted octanol–water partition coefficient (Wildman–Crippen LogP) is 1.11. The number of nitrogens with two attached hydrogens (primary N) is 1. The van der Waals surface area contributed by atoms with Crippen molar-refractivity contribution in [1.82, 2.24) is 5.06 Å². The summed E-state index contributed by atoms with van der Waals surface area (Å²) in [5.74, 6) is -0.117. The van der Waals surface area contributed by atoms with Gasteiger partial charge in [0.05, 0.1) is 12.6 Å². The van der Waals surface area contributed by atoms with E-state index in [1.54, 1.807) is 0 Å². The van der Waals surface area contributed by atoms with E-state index in [-0.39, 0.29) is 5.91 Å². The largest absolute Gasteiger partial charge is 0.320 e. The van der Waals surface area contributed by atoms with Gasteiger partial charge >= 0.3 is 0 Å². The summed E-state index contributed by atoms with van der Waals surface area (Å²) < 4.78 is 0. The molecule has 0 saturated carbocycles. The monoisotopic (exact) mass is 234 g/mol. The van der Waals surface area contributed by atoms with E-state index in [9.17, 15) is 4.79 Å².